The minimum Gasteiger partial charge on any atom is -0.396 e. The summed E-state index contributed by atoms with van der Waals surface area (Å²) in [5, 5.41) is 4.19. The Morgan fingerprint density at radius 3 is 2.87 bits per heavy atom. The summed E-state index contributed by atoms with van der Waals surface area (Å²) >= 11 is 0. The molecule has 2 heterocycles. The van der Waals surface area contributed by atoms with Crippen LogP contribution in [0, 0.1) is 12.8 Å². The highest BCUT2D eigenvalue weighted by Crippen LogP contribution is 2.19. The molecule has 0 saturated carbocycles. The van der Waals surface area contributed by atoms with Crippen LogP contribution in [0.3, 0.4) is 0 Å². The molecule has 1 fully saturated rings. The highest BCUT2D eigenvalue weighted by atomic mass is 16.2. The first-order valence-electron chi connectivity index (χ1n) is 5.09. The van der Waals surface area contributed by atoms with Gasteiger partial charge < -0.3 is 10.6 Å². The van der Waals surface area contributed by atoms with Gasteiger partial charge >= 0.3 is 0 Å². The highest BCUT2D eigenvalue weighted by molar-refractivity contribution is 5.78. The Morgan fingerprint density at radius 1 is 1.67 bits per heavy atom. The molecule has 0 radical (unpaired) electrons. The molecule has 2 rings (SSSR count). The summed E-state index contributed by atoms with van der Waals surface area (Å²) in [6.45, 7) is 3.54. The molecule has 0 bridgehead atoms. The number of carbonyl (C=O) groups excluding carboxylic acids is 1. The Hall–Kier alpha value is -1.52. The second kappa shape index (κ2) is 3.56. The number of nitrogen functional groups attached to an aromatic ring is 1. The van der Waals surface area contributed by atoms with E-state index < -0.39 is 0 Å². The summed E-state index contributed by atoms with van der Waals surface area (Å²) in [6, 6.07) is 0. The maximum atomic E-state index is 11.3. The first-order chi connectivity index (χ1) is 7.08. The quantitative estimate of drug-likeness (QED) is 0.757. The van der Waals surface area contributed by atoms with E-state index in [1.54, 1.807) is 11.1 Å². The van der Waals surface area contributed by atoms with Crippen molar-refractivity contribution in [3.8, 4) is 0 Å². The summed E-state index contributed by atoms with van der Waals surface area (Å²) < 4.78 is 1.88. The molecule has 1 atom stereocenters. The van der Waals surface area contributed by atoms with Crippen molar-refractivity contribution in [2.45, 2.75) is 19.9 Å². The minimum absolute atomic E-state index is 0.220. The van der Waals surface area contributed by atoms with Gasteiger partial charge in [-0.2, -0.15) is 5.10 Å². The molecule has 2 N–H and O–H groups in total. The van der Waals surface area contributed by atoms with Crippen molar-refractivity contribution in [2.75, 3.05) is 19.3 Å². The number of hydrogen-bond donors (Lipinski definition) is 1. The first kappa shape index (κ1) is 10.0. The molecule has 5 nitrogen and oxygen atoms in total. The van der Waals surface area contributed by atoms with Crippen LogP contribution in [0.1, 0.15) is 12.1 Å². The fourth-order valence-electron chi connectivity index (χ4n) is 1.97. The normalized spacial score (nSPS) is 21.3. The Morgan fingerprint density at radius 2 is 2.40 bits per heavy atom. The van der Waals surface area contributed by atoms with Crippen LogP contribution in [0.25, 0.3) is 0 Å². The van der Waals surface area contributed by atoms with Gasteiger partial charge in [-0.05, 0) is 6.92 Å². The first-order valence-corrected chi connectivity index (χ1v) is 5.09. The van der Waals surface area contributed by atoms with E-state index in [9.17, 15) is 4.79 Å². The van der Waals surface area contributed by atoms with Gasteiger partial charge in [-0.25, -0.2) is 0 Å². The smallest absolute Gasteiger partial charge is 0.222 e. The van der Waals surface area contributed by atoms with Crippen LogP contribution < -0.4 is 5.73 Å². The number of rotatable bonds is 2. The standard InChI is InChI=1S/C10H16N4O/c1-7-9(11)4-12-14(7)6-8-3-10(15)13(2)5-8/h4,8H,3,5-6,11H2,1-2H3. The van der Waals surface area contributed by atoms with Gasteiger partial charge in [-0.1, -0.05) is 0 Å². The maximum absolute atomic E-state index is 11.3. The van der Waals surface area contributed by atoms with Crippen LogP contribution in [0.4, 0.5) is 5.69 Å². The van der Waals surface area contributed by atoms with Crippen molar-refractivity contribution in [3.63, 3.8) is 0 Å². The largest absolute Gasteiger partial charge is 0.396 e. The maximum Gasteiger partial charge on any atom is 0.222 e. The number of aromatic nitrogens is 2. The van der Waals surface area contributed by atoms with E-state index in [0.29, 0.717) is 18.0 Å². The van der Waals surface area contributed by atoms with Crippen molar-refractivity contribution < 1.29 is 4.79 Å². The Labute approximate surface area is 88.8 Å². The third kappa shape index (κ3) is 1.82. The van der Waals surface area contributed by atoms with Gasteiger partial charge in [0.05, 0.1) is 17.6 Å². The number of likely N-dealkylation sites (tertiary alicyclic amines) is 1. The highest BCUT2D eigenvalue weighted by Gasteiger charge is 2.27. The van der Waals surface area contributed by atoms with Crippen LogP contribution in [0.5, 0.6) is 0 Å². The van der Waals surface area contributed by atoms with E-state index in [4.69, 9.17) is 5.73 Å². The third-order valence-corrected chi connectivity index (χ3v) is 2.99. The number of nitrogens with two attached hydrogens (primary N) is 1. The second-order valence-corrected chi connectivity index (χ2v) is 4.21. The molecular formula is C10H16N4O. The van der Waals surface area contributed by atoms with Gasteiger partial charge in [0.25, 0.3) is 0 Å². The lowest BCUT2D eigenvalue weighted by Crippen LogP contribution is -2.20. The number of anilines is 1. The van der Waals surface area contributed by atoms with Crippen LogP contribution in [0.2, 0.25) is 0 Å². The van der Waals surface area contributed by atoms with E-state index in [2.05, 4.69) is 5.10 Å². The topological polar surface area (TPSA) is 64.1 Å². The van der Waals surface area contributed by atoms with Gasteiger partial charge in [-0.15, -0.1) is 0 Å². The number of carbonyl (C=O) groups is 1. The molecule has 1 amide bonds. The summed E-state index contributed by atoms with van der Waals surface area (Å²) in [7, 11) is 1.84. The molecule has 1 unspecified atom stereocenters. The molecule has 1 saturated heterocycles. The van der Waals surface area contributed by atoms with Gasteiger partial charge in [0.15, 0.2) is 0 Å². The van der Waals surface area contributed by atoms with E-state index in [1.165, 1.54) is 0 Å². The third-order valence-electron chi connectivity index (χ3n) is 2.99. The van der Waals surface area contributed by atoms with Gasteiger partial charge in [0.1, 0.15) is 0 Å². The van der Waals surface area contributed by atoms with Gasteiger partial charge in [0, 0.05) is 32.5 Å². The van der Waals surface area contributed by atoms with Crippen LogP contribution in [-0.4, -0.2) is 34.2 Å². The zero-order chi connectivity index (χ0) is 11.0. The lowest BCUT2D eigenvalue weighted by atomic mass is 10.1. The summed E-state index contributed by atoms with van der Waals surface area (Å²) in [4.78, 5) is 13.1. The molecule has 1 aromatic heterocycles. The van der Waals surface area contributed by atoms with Crippen molar-refractivity contribution in [1.82, 2.24) is 14.7 Å². The average Bonchev–Trinajstić information content (AvgIpc) is 2.65. The SMILES string of the molecule is Cc1c(N)cnn1CC1CC(=O)N(C)C1. The van der Waals surface area contributed by atoms with Crippen molar-refractivity contribution in [2.24, 2.45) is 5.92 Å². The summed E-state index contributed by atoms with van der Waals surface area (Å²) in [5.74, 6) is 0.582. The molecule has 15 heavy (non-hydrogen) atoms. The lowest BCUT2D eigenvalue weighted by molar-refractivity contribution is -0.126. The molecule has 1 aliphatic heterocycles. The Balaban J connectivity index is 2.04. The molecule has 0 aromatic carbocycles. The van der Waals surface area contributed by atoms with E-state index >= 15 is 0 Å². The molecule has 0 aliphatic carbocycles. The van der Waals surface area contributed by atoms with Gasteiger partial charge in [0.2, 0.25) is 5.91 Å². The average molecular weight is 208 g/mol. The monoisotopic (exact) mass is 208 g/mol. The number of hydrogen-bond acceptors (Lipinski definition) is 3. The molecular weight excluding hydrogens is 192 g/mol. The molecule has 82 valence electrons. The van der Waals surface area contributed by atoms with Crippen molar-refractivity contribution in [1.29, 1.82) is 0 Å². The summed E-state index contributed by atoms with van der Waals surface area (Å²) in [6.07, 6.45) is 2.28. The Bertz CT molecular complexity index is 385. The van der Waals surface area contributed by atoms with E-state index in [0.717, 1.165) is 18.8 Å². The zero-order valence-electron chi connectivity index (χ0n) is 9.10. The van der Waals surface area contributed by atoms with Crippen LogP contribution in [0.15, 0.2) is 6.20 Å². The van der Waals surface area contributed by atoms with Crippen molar-refractivity contribution >= 4 is 11.6 Å². The molecule has 0 spiro atoms. The van der Waals surface area contributed by atoms with E-state index in [-0.39, 0.29) is 5.91 Å². The number of nitrogens with zero attached hydrogens (tertiary/aromatic N) is 3. The van der Waals surface area contributed by atoms with Crippen LogP contribution in [-0.2, 0) is 11.3 Å². The van der Waals surface area contributed by atoms with Crippen LogP contribution >= 0.6 is 0 Å². The zero-order valence-corrected chi connectivity index (χ0v) is 9.10. The molecule has 1 aromatic rings. The fraction of sp³-hybridized carbons (Fsp3) is 0.600. The summed E-state index contributed by atoms with van der Waals surface area (Å²) in [5.41, 5.74) is 7.41. The van der Waals surface area contributed by atoms with Crippen molar-refractivity contribution in [3.05, 3.63) is 11.9 Å². The van der Waals surface area contributed by atoms with E-state index in [1.807, 2.05) is 18.7 Å². The van der Waals surface area contributed by atoms with Gasteiger partial charge in [-0.3, -0.25) is 9.48 Å². The molecule has 5 heteroatoms. The Kier molecular flexibility index (Phi) is 2.38. The lowest BCUT2D eigenvalue weighted by Gasteiger charge is -2.11. The molecule has 1 aliphatic rings. The predicted molar refractivity (Wildman–Crippen MR) is 57.1 cm³/mol. The minimum atomic E-state index is 0.220. The second-order valence-electron chi connectivity index (χ2n) is 4.21. The fourth-order valence-corrected chi connectivity index (χ4v) is 1.97. The number of amides is 1. The predicted octanol–water partition coefficient (Wildman–Crippen LogP) is 0.252.